The quantitative estimate of drug-likeness (QED) is 0.173. The molecule has 1 N–H and O–H groups in total. The Labute approximate surface area is 176 Å². The number of ether oxygens (including phenoxy) is 2. The van der Waals surface area contributed by atoms with Crippen LogP contribution in [0.3, 0.4) is 0 Å². The molecule has 6 heteroatoms. The van der Waals surface area contributed by atoms with Crippen molar-refractivity contribution in [1.29, 1.82) is 0 Å². The van der Waals surface area contributed by atoms with Crippen molar-refractivity contribution in [1.82, 2.24) is 0 Å². The van der Waals surface area contributed by atoms with E-state index in [0.717, 1.165) is 44.9 Å². The molecule has 0 aliphatic carbocycles. The maximum atomic E-state index is 12.3. The second-order valence-electron chi connectivity index (χ2n) is 7.51. The Balaban J connectivity index is 4.26. The summed E-state index contributed by atoms with van der Waals surface area (Å²) in [6, 6.07) is 0. The normalized spacial score (nSPS) is 11.7. The number of carbonyl (C=O) groups is 3. The van der Waals surface area contributed by atoms with E-state index in [1.165, 1.54) is 32.1 Å². The highest BCUT2D eigenvalue weighted by atomic mass is 16.5. The van der Waals surface area contributed by atoms with Crippen molar-refractivity contribution in [3.05, 3.63) is 12.2 Å². The highest BCUT2D eigenvalue weighted by molar-refractivity contribution is 5.95. The lowest BCUT2D eigenvalue weighted by Gasteiger charge is -2.15. The molecule has 0 bridgehead atoms. The van der Waals surface area contributed by atoms with E-state index >= 15 is 0 Å². The Bertz CT molecular complexity index is 486. The number of unbranched alkanes of at least 4 members (excludes halogenated alkanes) is 10. The van der Waals surface area contributed by atoms with Gasteiger partial charge in [0.05, 0.1) is 25.6 Å². The molecule has 0 spiro atoms. The van der Waals surface area contributed by atoms with Gasteiger partial charge in [0.1, 0.15) is 0 Å². The van der Waals surface area contributed by atoms with Gasteiger partial charge in [0.25, 0.3) is 0 Å². The number of carboxylic acid groups (broad SMARTS) is 1. The molecule has 0 aliphatic rings. The van der Waals surface area contributed by atoms with Crippen LogP contribution in [0.15, 0.2) is 12.2 Å². The molecule has 168 valence electrons. The Morgan fingerprint density at radius 3 is 1.69 bits per heavy atom. The minimum Gasteiger partial charge on any atom is -0.478 e. The summed E-state index contributed by atoms with van der Waals surface area (Å²) in [5, 5.41) is 9.16. The minimum atomic E-state index is -1.31. The SMILES string of the molecule is C=C(C(=O)O)C(CC(=O)OCCCCCCCC)C(=O)OCCCCCCCC. The Morgan fingerprint density at radius 1 is 0.759 bits per heavy atom. The summed E-state index contributed by atoms with van der Waals surface area (Å²) >= 11 is 0. The number of carboxylic acids is 1. The first-order chi connectivity index (χ1) is 13.9. The van der Waals surface area contributed by atoms with E-state index in [2.05, 4.69) is 20.4 Å². The molecule has 0 saturated heterocycles. The Hall–Kier alpha value is -1.85. The van der Waals surface area contributed by atoms with Gasteiger partial charge in [-0.3, -0.25) is 9.59 Å². The van der Waals surface area contributed by atoms with Crippen LogP contribution in [0.4, 0.5) is 0 Å². The Morgan fingerprint density at radius 2 is 1.21 bits per heavy atom. The van der Waals surface area contributed by atoms with Gasteiger partial charge < -0.3 is 14.6 Å². The van der Waals surface area contributed by atoms with Crippen molar-refractivity contribution in [3.63, 3.8) is 0 Å². The summed E-state index contributed by atoms with van der Waals surface area (Å²) < 4.78 is 10.4. The number of esters is 2. The molecule has 0 radical (unpaired) electrons. The van der Waals surface area contributed by atoms with E-state index in [1.54, 1.807) is 0 Å². The molecule has 1 unspecified atom stereocenters. The number of hydrogen-bond acceptors (Lipinski definition) is 5. The zero-order valence-corrected chi connectivity index (χ0v) is 18.4. The van der Waals surface area contributed by atoms with Gasteiger partial charge in [-0.1, -0.05) is 84.6 Å². The molecule has 0 saturated carbocycles. The van der Waals surface area contributed by atoms with Gasteiger partial charge in [0.2, 0.25) is 0 Å². The summed E-state index contributed by atoms with van der Waals surface area (Å²) in [6.45, 7) is 8.25. The average Bonchev–Trinajstić information content (AvgIpc) is 2.69. The molecule has 0 fully saturated rings. The molecule has 0 aromatic heterocycles. The average molecular weight is 413 g/mol. The topological polar surface area (TPSA) is 89.9 Å². The van der Waals surface area contributed by atoms with Gasteiger partial charge in [-0.2, -0.15) is 0 Å². The predicted octanol–water partition coefficient (Wildman–Crippen LogP) is 5.44. The van der Waals surface area contributed by atoms with Crippen molar-refractivity contribution in [3.8, 4) is 0 Å². The molecule has 0 aromatic rings. The van der Waals surface area contributed by atoms with Gasteiger partial charge in [-0.05, 0) is 12.8 Å². The number of rotatable bonds is 19. The third kappa shape index (κ3) is 14.8. The first kappa shape index (κ1) is 27.1. The first-order valence-corrected chi connectivity index (χ1v) is 11.2. The van der Waals surface area contributed by atoms with Gasteiger partial charge in [0.15, 0.2) is 0 Å². The molecular weight excluding hydrogens is 372 g/mol. The van der Waals surface area contributed by atoms with E-state index in [-0.39, 0.29) is 25.2 Å². The molecule has 6 nitrogen and oxygen atoms in total. The first-order valence-electron chi connectivity index (χ1n) is 11.2. The monoisotopic (exact) mass is 412 g/mol. The van der Waals surface area contributed by atoms with Crippen LogP contribution < -0.4 is 0 Å². The number of hydrogen-bond donors (Lipinski definition) is 1. The number of aliphatic carboxylic acids is 1. The van der Waals surface area contributed by atoms with Crippen molar-refractivity contribution in [2.24, 2.45) is 5.92 Å². The second kappa shape index (κ2) is 18.2. The van der Waals surface area contributed by atoms with Gasteiger partial charge >= 0.3 is 17.9 Å². The fraction of sp³-hybridized carbons (Fsp3) is 0.783. The van der Waals surface area contributed by atoms with Gasteiger partial charge in [-0.15, -0.1) is 0 Å². The van der Waals surface area contributed by atoms with E-state index in [0.29, 0.717) is 0 Å². The second-order valence-corrected chi connectivity index (χ2v) is 7.51. The van der Waals surface area contributed by atoms with E-state index in [1.807, 2.05) is 0 Å². The molecule has 0 rings (SSSR count). The van der Waals surface area contributed by atoms with E-state index in [4.69, 9.17) is 14.6 Å². The molecule has 0 aromatic carbocycles. The third-order valence-electron chi connectivity index (χ3n) is 4.85. The largest absolute Gasteiger partial charge is 0.478 e. The summed E-state index contributed by atoms with van der Waals surface area (Å²) in [4.78, 5) is 35.5. The van der Waals surface area contributed by atoms with Crippen LogP contribution in [0, 0.1) is 5.92 Å². The Kier molecular flexibility index (Phi) is 17.0. The summed E-state index contributed by atoms with van der Waals surface area (Å²) in [5.74, 6) is -3.83. The number of carbonyl (C=O) groups excluding carboxylic acids is 2. The van der Waals surface area contributed by atoms with Crippen LogP contribution in [0.5, 0.6) is 0 Å². The van der Waals surface area contributed by atoms with Crippen LogP contribution in [0.2, 0.25) is 0 Å². The summed E-state index contributed by atoms with van der Waals surface area (Å²) in [7, 11) is 0. The van der Waals surface area contributed by atoms with Crippen molar-refractivity contribution in [2.45, 2.75) is 97.3 Å². The zero-order chi connectivity index (χ0) is 21.9. The molecular formula is C23H40O6. The molecule has 29 heavy (non-hydrogen) atoms. The lowest BCUT2D eigenvalue weighted by Crippen LogP contribution is -2.27. The van der Waals surface area contributed by atoms with E-state index < -0.39 is 23.8 Å². The fourth-order valence-electron chi connectivity index (χ4n) is 2.95. The zero-order valence-electron chi connectivity index (χ0n) is 18.4. The molecule has 0 heterocycles. The maximum absolute atomic E-state index is 12.3. The highest BCUT2D eigenvalue weighted by Crippen LogP contribution is 2.18. The maximum Gasteiger partial charge on any atom is 0.331 e. The highest BCUT2D eigenvalue weighted by Gasteiger charge is 2.30. The molecule has 1 atom stereocenters. The van der Waals surface area contributed by atoms with E-state index in [9.17, 15) is 14.4 Å². The predicted molar refractivity (Wildman–Crippen MR) is 114 cm³/mol. The van der Waals surface area contributed by atoms with Crippen molar-refractivity contribution < 1.29 is 29.0 Å². The van der Waals surface area contributed by atoms with Crippen LogP contribution in [0.1, 0.15) is 97.3 Å². The standard InChI is InChI=1S/C23H40O6/c1-4-6-8-10-12-14-16-28-21(24)18-20(19(3)22(25)26)23(27)29-17-15-13-11-9-7-5-2/h20H,3-18H2,1-2H3,(H,25,26). The molecule has 0 amide bonds. The van der Waals surface area contributed by atoms with Crippen LogP contribution >= 0.6 is 0 Å². The van der Waals surface area contributed by atoms with Crippen LogP contribution in [0.25, 0.3) is 0 Å². The lowest BCUT2D eigenvalue weighted by molar-refractivity contribution is -0.155. The summed E-state index contributed by atoms with van der Waals surface area (Å²) in [6.07, 6.45) is 12.4. The summed E-state index contributed by atoms with van der Waals surface area (Å²) in [5.41, 5.74) is -0.338. The fourth-order valence-corrected chi connectivity index (χ4v) is 2.95. The third-order valence-corrected chi connectivity index (χ3v) is 4.85. The minimum absolute atomic E-state index is 0.223. The smallest absolute Gasteiger partial charge is 0.331 e. The van der Waals surface area contributed by atoms with Gasteiger partial charge in [-0.25, -0.2) is 4.79 Å². The van der Waals surface area contributed by atoms with Crippen LogP contribution in [-0.2, 0) is 23.9 Å². The van der Waals surface area contributed by atoms with Crippen molar-refractivity contribution in [2.75, 3.05) is 13.2 Å². The lowest BCUT2D eigenvalue weighted by atomic mass is 9.97. The van der Waals surface area contributed by atoms with Crippen molar-refractivity contribution >= 4 is 17.9 Å². The van der Waals surface area contributed by atoms with Gasteiger partial charge in [0, 0.05) is 5.57 Å². The molecule has 0 aliphatic heterocycles. The van der Waals surface area contributed by atoms with Crippen LogP contribution in [-0.4, -0.2) is 36.2 Å².